The average Bonchev–Trinajstić information content (AvgIpc) is 2.77. The van der Waals surface area contributed by atoms with Crippen LogP contribution < -0.4 is 10.4 Å². The highest BCUT2D eigenvalue weighted by molar-refractivity contribution is 5.66. The van der Waals surface area contributed by atoms with Crippen molar-refractivity contribution in [3.05, 3.63) is 102 Å². The lowest BCUT2D eigenvalue weighted by Crippen LogP contribution is -2.25. The second-order valence-electron chi connectivity index (χ2n) is 9.95. The molecule has 0 atom stereocenters. The summed E-state index contributed by atoms with van der Waals surface area (Å²) >= 11 is 0. The first-order chi connectivity index (χ1) is 14.8. The molecule has 0 aliphatic heterocycles. The van der Waals surface area contributed by atoms with E-state index in [0.29, 0.717) is 0 Å². The molecule has 0 nitrogen and oxygen atoms in total. The molecule has 3 aromatic carbocycles. The molecule has 0 saturated heterocycles. The second kappa shape index (κ2) is 6.45. The molecule has 0 saturated carbocycles. The van der Waals surface area contributed by atoms with E-state index < -0.39 is 0 Å². The summed E-state index contributed by atoms with van der Waals surface area (Å²) in [5, 5.41) is 2.90. The molecule has 4 aliphatic rings. The van der Waals surface area contributed by atoms with Crippen molar-refractivity contribution in [2.75, 3.05) is 0 Å². The van der Waals surface area contributed by atoms with Crippen molar-refractivity contribution in [2.45, 2.75) is 64.2 Å². The normalized spacial score (nSPS) is 17.9. The van der Waals surface area contributed by atoms with Gasteiger partial charge in [-0.05, 0) is 142 Å². The van der Waals surface area contributed by atoms with Crippen LogP contribution in [-0.4, -0.2) is 0 Å². The Morgan fingerprint density at radius 2 is 0.767 bits per heavy atom. The highest BCUT2D eigenvalue weighted by Crippen LogP contribution is 2.30. The van der Waals surface area contributed by atoms with E-state index >= 15 is 0 Å². The van der Waals surface area contributed by atoms with Crippen molar-refractivity contribution in [1.82, 2.24) is 0 Å². The van der Waals surface area contributed by atoms with Gasteiger partial charge in [-0.15, -0.1) is 0 Å². The quantitative estimate of drug-likeness (QED) is 0.354. The van der Waals surface area contributed by atoms with E-state index in [1.54, 1.807) is 22.3 Å². The summed E-state index contributed by atoms with van der Waals surface area (Å²) in [6.07, 6.45) is 17.6. The minimum absolute atomic E-state index is 1.09. The fourth-order valence-electron chi connectivity index (χ4n) is 6.33. The van der Waals surface area contributed by atoms with Gasteiger partial charge in [0.2, 0.25) is 0 Å². The van der Waals surface area contributed by atoms with Crippen LogP contribution in [0.1, 0.15) is 81.3 Å². The molecule has 0 aromatic heterocycles. The summed E-state index contributed by atoms with van der Waals surface area (Å²) in [5.41, 5.74) is 15.5. The molecule has 0 radical (unpaired) electrons. The second-order valence-corrected chi connectivity index (χ2v) is 9.95. The van der Waals surface area contributed by atoms with E-state index in [1.807, 2.05) is 0 Å². The number of benzene rings is 3. The summed E-state index contributed by atoms with van der Waals surface area (Å²) in [6.45, 7) is 0. The average molecular weight is 389 g/mol. The lowest BCUT2D eigenvalue weighted by molar-refractivity contribution is 0.684. The van der Waals surface area contributed by atoms with Crippen molar-refractivity contribution in [3.8, 4) is 0 Å². The first kappa shape index (κ1) is 17.1. The molecule has 4 aliphatic carbocycles. The molecular weight excluding hydrogens is 360 g/mol. The third kappa shape index (κ3) is 2.66. The van der Waals surface area contributed by atoms with Gasteiger partial charge in [0.05, 0.1) is 0 Å². The van der Waals surface area contributed by atoms with Gasteiger partial charge >= 0.3 is 0 Å². The highest BCUT2D eigenvalue weighted by Gasteiger charge is 2.19. The smallest absolute Gasteiger partial charge is 0.00136 e. The van der Waals surface area contributed by atoms with E-state index in [-0.39, 0.29) is 0 Å². The van der Waals surface area contributed by atoms with Gasteiger partial charge in [-0.1, -0.05) is 36.4 Å². The van der Waals surface area contributed by atoms with Gasteiger partial charge in [-0.25, -0.2) is 0 Å². The van der Waals surface area contributed by atoms with E-state index in [4.69, 9.17) is 0 Å². The van der Waals surface area contributed by atoms with Crippen LogP contribution in [0.5, 0.6) is 0 Å². The maximum Gasteiger partial charge on any atom is -0.00136 e. The number of fused-ring (bicyclic) bond motifs is 6. The predicted octanol–water partition coefficient (Wildman–Crippen LogP) is 4.91. The van der Waals surface area contributed by atoms with E-state index in [2.05, 4.69) is 48.6 Å². The molecule has 148 valence electrons. The maximum absolute atomic E-state index is 2.52. The van der Waals surface area contributed by atoms with Crippen LogP contribution in [0.25, 0.3) is 12.2 Å². The third-order valence-corrected chi connectivity index (χ3v) is 7.99. The number of hydrogen-bond donors (Lipinski definition) is 0. The predicted molar refractivity (Wildman–Crippen MR) is 125 cm³/mol. The lowest BCUT2D eigenvalue weighted by Gasteiger charge is -2.23. The Labute approximate surface area is 179 Å². The minimum Gasteiger partial charge on any atom is -0.0546 e. The van der Waals surface area contributed by atoms with E-state index in [1.165, 1.54) is 95.2 Å². The monoisotopic (exact) mass is 388 g/mol. The zero-order valence-corrected chi connectivity index (χ0v) is 17.7. The summed E-state index contributed by atoms with van der Waals surface area (Å²) in [6, 6.07) is 15.0. The minimum atomic E-state index is 1.09. The first-order valence-electron chi connectivity index (χ1n) is 11.9. The van der Waals surface area contributed by atoms with Crippen molar-refractivity contribution in [1.29, 1.82) is 0 Å². The van der Waals surface area contributed by atoms with Crippen LogP contribution in [0.4, 0.5) is 0 Å². The lowest BCUT2D eigenvalue weighted by atomic mass is 9.81. The highest BCUT2D eigenvalue weighted by atomic mass is 14.2. The van der Waals surface area contributed by atoms with E-state index in [9.17, 15) is 0 Å². The standard InChI is InChI=1S/C30H28/c1-2-6-20-10-24-14-28-18-30-16-26-12-22-8-4-3-7-21(22)11-25(26)15-29(30)17-27(28)13-23(24)9-19(20)5-1/h9-13,16-18H,1-8,14-15H2. The van der Waals surface area contributed by atoms with Gasteiger partial charge in [-0.2, -0.15) is 0 Å². The Kier molecular flexibility index (Phi) is 3.68. The van der Waals surface area contributed by atoms with Crippen LogP contribution in [-0.2, 0) is 38.5 Å². The van der Waals surface area contributed by atoms with Gasteiger partial charge in [0, 0.05) is 0 Å². The zero-order chi connectivity index (χ0) is 19.7. The SMILES string of the molecule is C1=c2cc3c(cc2Cc2cc4c(cc21)CCCC4)=Cc1cc2c(cc1C3)CCCC2. The molecule has 7 rings (SSSR count). The van der Waals surface area contributed by atoms with Crippen LogP contribution in [0.2, 0.25) is 0 Å². The molecule has 0 N–H and O–H groups in total. The largest absolute Gasteiger partial charge is 0.0546 e. The van der Waals surface area contributed by atoms with Crippen molar-refractivity contribution in [3.63, 3.8) is 0 Å². The fraction of sp³-hybridized carbons (Fsp3) is 0.333. The Morgan fingerprint density at radius 3 is 1.20 bits per heavy atom. The Bertz CT molecular complexity index is 1230. The summed E-state index contributed by atoms with van der Waals surface area (Å²) in [7, 11) is 0. The Morgan fingerprint density at radius 1 is 0.367 bits per heavy atom. The van der Waals surface area contributed by atoms with Crippen LogP contribution in [0.3, 0.4) is 0 Å². The summed E-state index contributed by atoms with van der Waals surface area (Å²) in [5.74, 6) is 0. The third-order valence-electron chi connectivity index (χ3n) is 7.99. The number of rotatable bonds is 0. The molecule has 0 unspecified atom stereocenters. The van der Waals surface area contributed by atoms with Gasteiger partial charge in [0.15, 0.2) is 0 Å². The molecular formula is C30H28. The Hall–Kier alpha value is -2.60. The van der Waals surface area contributed by atoms with Crippen molar-refractivity contribution < 1.29 is 0 Å². The molecule has 3 aromatic rings. The molecule has 0 amide bonds. The molecule has 30 heavy (non-hydrogen) atoms. The Balaban J connectivity index is 1.36. The molecule has 0 bridgehead atoms. The van der Waals surface area contributed by atoms with Gasteiger partial charge in [-0.3, -0.25) is 0 Å². The molecule has 0 spiro atoms. The van der Waals surface area contributed by atoms with Gasteiger partial charge in [0.1, 0.15) is 0 Å². The molecule has 0 fully saturated rings. The molecule has 0 heteroatoms. The molecule has 0 heterocycles. The maximum atomic E-state index is 2.52. The van der Waals surface area contributed by atoms with E-state index in [0.717, 1.165) is 12.8 Å². The topological polar surface area (TPSA) is 0 Å². The zero-order valence-electron chi connectivity index (χ0n) is 17.7. The van der Waals surface area contributed by atoms with Crippen molar-refractivity contribution in [2.24, 2.45) is 0 Å². The summed E-state index contributed by atoms with van der Waals surface area (Å²) < 4.78 is 0. The van der Waals surface area contributed by atoms with Crippen molar-refractivity contribution >= 4 is 12.2 Å². The van der Waals surface area contributed by atoms with Crippen LogP contribution >= 0.6 is 0 Å². The number of aryl methyl sites for hydroxylation is 4. The van der Waals surface area contributed by atoms with Gasteiger partial charge < -0.3 is 0 Å². The first-order valence-corrected chi connectivity index (χ1v) is 11.9. The van der Waals surface area contributed by atoms with Crippen LogP contribution in [0, 0.1) is 0 Å². The van der Waals surface area contributed by atoms with Crippen LogP contribution in [0.15, 0.2) is 36.4 Å². The van der Waals surface area contributed by atoms with Gasteiger partial charge in [0.25, 0.3) is 0 Å². The fourth-order valence-corrected chi connectivity index (χ4v) is 6.33. The number of hydrogen-bond acceptors (Lipinski definition) is 0. The summed E-state index contributed by atoms with van der Waals surface area (Å²) in [4.78, 5) is 0.